The second kappa shape index (κ2) is 7.63. The van der Waals surface area contributed by atoms with Gasteiger partial charge < -0.3 is 25.0 Å². The lowest BCUT2D eigenvalue weighted by molar-refractivity contribution is -0.137. The molecule has 1 aliphatic rings. The molecule has 0 atom stereocenters. The molecular weight excluding hydrogens is 250 g/mol. The summed E-state index contributed by atoms with van der Waals surface area (Å²) in [5.74, 6) is -0.532. The molecule has 0 bridgehead atoms. The second-order valence-corrected chi connectivity index (χ2v) is 4.32. The number of carbonyl (C=O) groups excluding carboxylic acids is 2. The summed E-state index contributed by atoms with van der Waals surface area (Å²) >= 11 is 0. The normalized spacial score (nSPS) is 17.2. The molecular formula is C12H21N3O4. The molecule has 0 aromatic rings. The SMILES string of the molecule is CCOC(=O)C=C(N)COC(=O)N1CCN(C)CC1. The van der Waals surface area contributed by atoms with Crippen LogP contribution in [-0.2, 0) is 14.3 Å². The Morgan fingerprint density at radius 1 is 1.21 bits per heavy atom. The number of nitrogens with zero attached hydrogens (tertiary/aromatic N) is 2. The highest BCUT2D eigenvalue weighted by molar-refractivity contribution is 5.82. The molecule has 1 amide bonds. The molecule has 0 radical (unpaired) electrons. The number of ether oxygens (including phenoxy) is 2. The lowest BCUT2D eigenvalue weighted by atomic mass is 10.3. The van der Waals surface area contributed by atoms with E-state index in [2.05, 4.69) is 4.90 Å². The highest BCUT2D eigenvalue weighted by Gasteiger charge is 2.20. The van der Waals surface area contributed by atoms with E-state index in [4.69, 9.17) is 15.2 Å². The fourth-order valence-corrected chi connectivity index (χ4v) is 1.60. The molecule has 1 heterocycles. The van der Waals surface area contributed by atoms with Gasteiger partial charge in [-0.1, -0.05) is 0 Å². The van der Waals surface area contributed by atoms with Gasteiger partial charge in [-0.3, -0.25) is 0 Å². The minimum atomic E-state index is -0.532. The lowest BCUT2D eigenvalue weighted by Crippen LogP contribution is -2.47. The van der Waals surface area contributed by atoms with Crippen LogP contribution in [0.15, 0.2) is 11.8 Å². The third-order valence-corrected chi connectivity index (χ3v) is 2.71. The third kappa shape index (κ3) is 5.60. The fourth-order valence-electron chi connectivity index (χ4n) is 1.60. The van der Waals surface area contributed by atoms with Crippen molar-refractivity contribution in [2.45, 2.75) is 6.92 Å². The molecule has 0 aromatic carbocycles. The number of carbonyl (C=O) groups is 2. The summed E-state index contributed by atoms with van der Waals surface area (Å²) in [5.41, 5.74) is 5.73. The summed E-state index contributed by atoms with van der Waals surface area (Å²) in [4.78, 5) is 26.6. The topological polar surface area (TPSA) is 85.1 Å². The Balaban J connectivity index is 2.31. The summed E-state index contributed by atoms with van der Waals surface area (Å²) in [7, 11) is 2.00. The molecule has 1 fully saturated rings. The van der Waals surface area contributed by atoms with Crippen LogP contribution in [0.25, 0.3) is 0 Å². The maximum Gasteiger partial charge on any atom is 0.410 e. The number of esters is 1. The van der Waals surface area contributed by atoms with Crippen molar-refractivity contribution in [3.05, 3.63) is 11.8 Å². The Morgan fingerprint density at radius 2 is 1.84 bits per heavy atom. The maximum absolute atomic E-state index is 11.7. The van der Waals surface area contributed by atoms with Gasteiger partial charge in [0.2, 0.25) is 0 Å². The highest BCUT2D eigenvalue weighted by atomic mass is 16.6. The molecule has 7 heteroatoms. The first-order valence-electron chi connectivity index (χ1n) is 6.26. The second-order valence-electron chi connectivity index (χ2n) is 4.32. The molecule has 0 unspecified atom stereocenters. The minimum absolute atomic E-state index is 0.107. The van der Waals surface area contributed by atoms with Crippen LogP contribution in [0, 0.1) is 0 Å². The molecule has 7 nitrogen and oxygen atoms in total. The predicted octanol–water partition coefficient (Wildman–Crippen LogP) is -0.224. The zero-order valence-corrected chi connectivity index (χ0v) is 11.4. The third-order valence-electron chi connectivity index (χ3n) is 2.71. The molecule has 0 spiro atoms. The van der Waals surface area contributed by atoms with Gasteiger partial charge in [0.25, 0.3) is 0 Å². The first kappa shape index (κ1) is 15.3. The van der Waals surface area contributed by atoms with Crippen LogP contribution in [0.3, 0.4) is 0 Å². The van der Waals surface area contributed by atoms with Crippen LogP contribution < -0.4 is 5.73 Å². The van der Waals surface area contributed by atoms with Gasteiger partial charge in [-0.15, -0.1) is 0 Å². The van der Waals surface area contributed by atoms with Gasteiger partial charge >= 0.3 is 12.1 Å². The summed E-state index contributed by atoms with van der Waals surface area (Å²) in [5, 5.41) is 0. The van der Waals surface area contributed by atoms with Crippen molar-refractivity contribution in [2.75, 3.05) is 46.4 Å². The largest absolute Gasteiger partial charge is 0.463 e. The van der Waals surface area contributed by atoms with Crippen molar-refractivity contribution >= 4 is 12.1 Å². The predicted molar refractivity (Wildman–Crippen MR) is 69.3 cm³/mol. The van der Waals surface area contributed by atoms with Crippen molar-refractivity contribution in [3.63, 3.8) is 0 Å². The van der Waals surface area contributed by atoms with Crippen molar-refractivity contribution in [3.8, 4) is 0 Å². The van der Waals surface area contributed by atoms with Crippen LogP contribution in [0.1, 0.15) is 6.92 Å². The Hall–Kier alpha value is -1.76. The average Bonchev–Trinajstić information content (AvgIpc) is 2.37. The van der Waals surface area contributed by atoms with Gasteiger partial charge in [-0.25, -0.2) is 9.59 Å². The first-order valence-corrected chi connectivity index (χ1v) is 6.26. The van der Waals surface area contributed by atoms with Crippen LogP contribution >= 0.6 is 0 Å². The average molecular weight is 271 g/mol. The zero-order chi connectivity index (χ0) is 14.3. The number of rotatable bonds is 4. The van der Waals surface area contributed by atoms with E-state index in [1.54, 1.807) is 11.8 Å². The van der Waals surface area contributed by atoms with E-state index in [0.29, 0.717) is 13.1 Å². The Kier molecular flexibility index (Phi) is 6.14. The van der Waals surface area contributed by atoms with Crippen molar-refractivity contribution in [1.29, 1.82) is 0 Å². The van der Waals surface area contributed by atoms with Gasteiger partial charge in [-0.05, 0) is 14.0 Å². The summed E-state index contributed by atoms with van der Waals surface area (Å²) in [6, 6.07) is 0. The molecule has 1 aliphatic heterocycles. The molecule has 108 valence electrons. The van der Waals surface area contributed by atoms with Crippen molar-refractivity contribution in [2.24, 2.45) is 5.73 Å². The quantitative estimate of drug-likeness (QED) is 0.562. The Bertz CT molecular complexity index is 349. The number of amides is 1. The summed E-state index contributed by atoms with van der Waals surface area (Å²) < 4.78 is 9.72. The minimum Gasteiger partial charge on any atom is -0.463 e. The van der Waals surface area contributed by atoms with E-state index < -0.39 is 12.1 Å². The molecule has 1 saturated heterocycles. The van der Waals surface area contributed by atoms with E-state index in [9.17, 15) is 9.59 Å². The number of piperazine rings is 1. The van der Waals surface area contributed by atoms with Crippen LogP contribution in [0.2, 0.25) is 0 Å². The number of hydrogen-bond donors (Lipinski definition) is 1. The molecule has 0 aromatic heterocycles. The van der Waals surface area contributed by atoms with E-state index in [1.165, 1.54) is 0 Å². The summed E-state index contributed by atoms with van der Waals surface area (Å²) in [6.07, 6.45) is 0.717. The summed E-state index contributed by atoms with van der Waals surface area (Å²) in [6.45, 7) is 4.79. The van der Waals surface area contributed by atoms with Gasteiger partial charge in [0.15, 0.2) is 0 Å². The maximum atomic E-state index is 11.7. The van der Waals surface area contributed by atoms with Crippen molar-refractivity contribution in [1.82, 2.24) is 9.80 Å². The molecule has 19 heavy (non-hydrogen) atoms. The standard InChI is InChI=1S/C12H21N3O4/c1-3-18-11(16)8-10(13)9-19-12(17)15-6-4-14(2)5-7-15/h8H,3-7,9,13H2,1-2H3. The monoisotopic (exact) mass is 271 g/mol. The van der Waals surface area contributed by atoms with E-state index in [1.807, 2.05) is 7.05 Å². The van der Waals surface area contributed by atoms with Gasteiger partial charge in [0, 0.05) is 32.3 Å². The molecule has 0 saturated carbocycles. The van der Waals surface area contributed by atoms with E-state index in [0.717, 1.165) is 19.2 Å². The zero-order valence-electron chi connectivity index (χ0n) is 11.4. The Morgan fingerprint density at radius 3 is 2.42 bits per heavy atom. The van der Waals surface area contributed by atoms with Crippen molar-refractivity contribution < 1.29 is 19.1 Å². The van der Waals surface area contributed by atoms with Gasteiger partial charge in [0.1, 0.15) is 6.61 Å². The van der Waals surface area contributed by atoms with Crippen LogP contribution in [0.4, 0.5) is 4.79 Å². The number of likely N-dealkylation sites (N-methyl/N-ethyl adjacent to an activating group) is 1. The van der Waals surface area contributed by atoms with E-state index in [-0.39, 0.29) is 18.9 Å². The molecule has 1 rings (SSSR count). The smallest absolute Gasteiger partial charge is 0.410 e. The highest BCUT2D eigenvalue weighted by Crippen LogP contribution is 2.02. The van der Waals surface area contributed by atoms with Gasteiger partial charge in [0.05, 0.1) is 12.3 Å². The first-order chi connectivity index (χ1) is 9.02. The van der Waals surface area contributed by atoms with Crippen LogP contribution in [-0.4, -0.2) is 68.3 Å². The number of nitrogens with two attached hydrogens (primary N) is 1. The molecule has 0 aliphatic carbocycles. The van der Waals surface area contributed by atoms with E-state index >= 15 is 0 Å². The van der Waals surface area contributed by atoms with Crippen LogP contribution in [0.5, 0.6) is 0 Å². The lowest BCUT2D eigenvalue weighted by Gasteiger charge is -2.31. The Labute approximate surface area is 112 Å². The molecule has 2 N–H and O–H groups in total. The fraction of sp³-hybridized carbons (Fsp3) is 0.667. The number of hydrogen-bond acceptors (Lipinski definition) is 6. The van der Waals surface area contributed by atoms with Gasteiger partial charge in [-0.2, -0.15) is 0 Å².